The molecule has 0 aliphatic rings. The molecule has 0 unspecified atom stereocenters. The molecule has 0 atom stereocenters. The third kappa shape index (κ3) is 4.86. The predicted molar refractivity (Wildman–Crippen MR) is 227 cm³/mol. The van der Waals surface area contributed by atoms with Crippen LogP contribution in [-0.2, 0) is 0 Å². The Morgan fingerprint density at radius 1 is 0.396 bits per heavy atom. The molecule has 11 rings (SSSR count). The summed E-state index contributed by atoms with van der Waals surface area (Å²) in [6, 6.07) is 68.0. The molecule has 0 amide bonds. The second-order valence-corrected chi connectivity index (χ2v) is 14.8. The summed E-state index contributed by atoms with van der Waals surface area (Å²) in [5.41, 5.74) is 9.88. The van der Waals surface area contributed by atoms with Gasteiger partial charge in [-0.2, -0.15) is 0 Å². The molecule has 0 aliphatic carbocycles. The van der Waals surface area contributed by atoms with E-state index < -0.39 is 0 Å². The molecule has 53 heavy (non-hydrogen) atoms. The van der Waals surface area contributed by atoms with Crippen LogP contribution in [0.25, 0.3) is 85.9 Å². The Morgan fingerprint density at radius 2 is 1.04 bits per heavy atom. The van der Waals surface area contributed by atoms with E-state index in [1.165, 1.54) is 58.6 Å². The zero-order chi connectivity index (χ0) is 34.9. The van der Waals surface area contributed by atoms with Gasteiger partial charge in [-0.1, -0.05) is 127 Å². The predicted octanol–water partition coefficient (Wildman–Crippen LogP) is 15.1. The summed E-state index contributed by atoms with van der Waals surface area (Å²) in [4.78, 5) is 2.38. The van der Waals surface area contributed by atoms with E-state index in [1.54, 1.807) is 0 Å². The van der Waals surface area contributed by atoms with E-state index in [4.69, 9.17) is 4.42 Å². The van der Waals surface area contributed by atoms with Gasteiger partial charge in [0, 0.05) is 42.3 Å². The third-order valence-electron chi connectivity index (χ3n) is 10.7. The molecule has 0 fully saturated rings. The first-order valence-corrected chi connectivity index (χ1v) is 18.8. The number of hydrogen-bond donors (Lipinski definition) is 0. The number of hydrogen-bond acceptors (Lipinski definition) is 3. The summed E-state index contributed by atoms with van der Waals surface area (Å²) < 4.78 is 9.29. The van der Waals surface area contributed by atoms with Crippen molar-refractivity contribution in [3.05, 3.63) is 188 Å². The van der Waals surface area contributed by atoms with Gasteiger partial charge in [0.25, 0.3) is 0 Å². The molecule has 9 aromatic carbocycles. The summed E-state index contributed by atoms with van der Waals surface area (Å²) in [5.74, 6) is 0. The minimum Gasteiger partial charge on any atom is -0.455 e. The molecule has 2 heterocycles. The highest BCUT2D eigenvalue weighted by Gasteiger charge is 2.21. The van der Waals surface area contributed by atoms with Crippen LogP contribution in [0.4, 0.5) is 17.1 Å². The average molecular weight is 694 g/mol. The van der Waals surface area contributed by atoms with Gasteiger partial charge >= 0.3 is 0 Å². The molecule has 0 spiro atoms. The summed E-state index contributed by atoms with van der Waals surface area (Å²) in [6.45, 7) is 0. The van der Waals surface area contributed by atoms with Crippen molar-refractivity contribution in [3.63, 3.8) is 0 Å². The average Bonchev–Trinajstić information content (AvgIpc) is 3.81. The molecule has 2 aromatic heterocycles. The molecule has 0 saturated heterocycles. The Bertz CT molecular complexity index is 3170. The Kier molecular flexibility index (Phi) is 6.76. The van der Waals surface area contributed by atoms with Gasteiger partial charge in [0.15, 0.2) is 0 Å². The van der Waals surface area contributed by atoms with Crippen LogP contribution in [0.3, 0.4) is 0 Å². The molecule has 0 saturated carbocycles. The molecular formula is C50H31NOS. The fourth-order valence-electron chi connectivity index (χ4n) is 8.13. The lowest BCUT2D eigenvalue weighted by Gasteiger charge is -2.26. The quantitative estimate of drug-likeness (QED) is 0.178. The first-order chi connectivity index (χ1) is 26.3. The lowest BCUT2D eigenvalue weighted by Crippen LogP contribution is -2.10. The highest BCUT2D eigenvalue weighted by Crippen LogP contribution is 2.46. The van der Waals surface area contributed by atoms with Crippen molar-refractivity contribution in [1.29, 1.82) is 0 Å². The fourth-order valence-corrected chi connectivity index (χ4v) is 9.26. The largest absolute Gasteiger partial charge is 0.455 e. The SMILES string of the molecule is c1ccc2cc(-c3ccc(N(c4ccc(-c5cccc6sc7ccccc7c56)cc4)c4cccc5oc6c7ccccc7ccc6c45)cc3)ccc2c1. The van der Waals surface area contributed by atoms with E-state index in [9.17, 15) is 0 Å². The molecule has 2 nitrogen and oxygen atoms in total. The first kappa shape index (κ1) is 30.0. The van der Waals surface area contributed by atoms with Crippen molar-refractivity contribution in [2.45, 2.75) is 0 Å². The summed E-state index contributed by atoms with van der Waals surface area (Å²) >= 11 is 1.86. The van der Waals surface area contributed by atoms with Crippen molar-refractivity contribution in [3.8, 4) is 22.3 Å². The smallest absolute Gasteiger partial charge is 0.143 e. The van der Waals surface area contributed by atoms with E-state index in [0.29, 0.717) is 0 Å². The normalized spacial score (nSPS) is 11.8. The van der Waals surface area contributed by atoms with Gasteiger partial charge in [-0.25, -0.2) is 0 Å². The van der Waals surface area contributed by atoms with Crippen LogP contribution in [0, 0.1) is 0 Å². The van der Waals surface area contributed by atoms with E-state index >= 15 is 0 Å². The topological polar surface area (TPSA) is 16.4 Å². The monoisotopic (exact) mass is 693 g/mol. The van der Waals surface area contributed by atoms with E-state index in [1.807, 2.05) is 11.3 Å². The number of thiophene rings is 1. The van der Waals surface area contributed by atoms with E-state index in [2.05, 4.69) is 193 Å². The standard InChI is InChI=1S/C50H31NOS/c1-2-11-36-31-37(20-19-32(36)9-1)33-21-26-38(27-22-33)51(44-15-8-16-45-49(44)43-30-25-34-10-3-4-12-41(34)50(43)52-45)39-28-23-35(24-29-39)40-14-7-18-47-48(40)42-13-5-6-17-46(42)53-47/h1-31H. The maximum atomic E-state index is 6.66. The van der Waals surface area contributed by atoms with Gasteiger partial charge in [0.05, 0.1) is 11.1 Å². The molecule has 0 bridgehead atoms. The van der Waals surface area contributed by atoms with Crippen LogP contribution in [0.5, 0.6) is 0 Å². The second kappa shape index (κ2) is 11.9. The Hall–Kier alpha value is -6.68. The van der Waals surface area contributed by atoms with Crippen molar-refractivity contribution in [2.75, 3.05) is 4.90 Å². The number of nitrogens with zero attached hydrogens (tertiary/aromatic N) is 1. The maximum absolute atomic E-state index is 6.66. The third-order valence-corrected chi connectivity index (χ3v) is 11.8. The molecule has 0 radical (unpaired) electrons. The number of rotatable bonds is 5. The second-order valence-electron chi connectivity index (χ2n) is 13.7. The van der Waals surface area contributed by atoms with Gasteiger partial charge in [0.2, 0.25) is 0 Å². The molecule has 0 aliphatic heterocycles. The summed E-state index contributed by atoms with van der Waals surface area (Å²) in [6.07, 6.45) is 0. The highest BCUT2D eigenvalue weighted by atomic mass is 32.1. The molecule has 3 heteroatoms. The highest BCUT2D eigenvalue weighted by molar-refractivity contribution is 7.25. The molecule has 0 N–H and O–H groups in total. The van der Waals surface area contributed by atoms with Gasteiger partial charge in [-0.15, -0.1) is 11.3 Å². The lowest BCUT2D eigenvalue weighted by molar-refractivity contribution is 0.672. The molecule has 248 valence electrons. The summed E-state index contributed by atoms with van der Waals surface area (Å²) in [7, 11) is 0. The van der Waals surface area contributed by atoms with Crippen LogP contribution in [0.15, 0.2) is 192 Å². The minimum absolute atomic E-state index is 0.874. The van der Waals surface area contributed by atoms with Gasteiger partial charge < -0.3 is 9.32 Å². The number of furan rings is 1. The minimum atomic E-state index is 0.874. The molecule has 11 aromatic rings. The van der Waals surface area contributed by atoms with Crippen LogP contribution in [-0.4, -0.2) is 0 Å². The van der Waals surface area contributed by atoms with Crippen LogP contribution < -0.4 is 4.90 Å². The zero-order valence-corrected chi connectivity index (χ0v) is 29.5. The Labute approximate surface area is 310 Å². The Balaban J connectivity index is 1.08. The zero-order valence-electron chi connectivity index (χ0n) is 28.7. The molecular weight excluding hydrogens is 663 g/mol. The first-order valence-electron chi connectivity index (χ1n) is 18.0. The lowest BCUT2D eigenvalue weighted by atomic mass is 9.98. The Morgan fingerprint density at radius 3 is 1.87 bits per heavy atom. The van der Waals surface area contributed by atoms with Crippen LogP contribution >= 0.6 is 11.3 Å². The van der Waals surface area contributed by atoms with Gasteiger partial charge in [0.1, 0.15) is 11.2 Å². The summed E-state index contributed by atoms with van der Waals surface area (Å²) in [5, 5.41) is 9.64. The van der Waals surface area contributed by atoms with Gasteiger partial charge in [-0.05, 0) is 99.1 Å². The van der Waals surface area contributed by atoms with Crippen molar-refractivity contribution in [2.24, 2.45) is 0 Å². The van der Waals surface area contributed by atoms with E-state index in [-0.39, 0.29) is 0 Å². The fraction of sp³-hybridized carbons (Fsp3) is 0. The maximum Gasteiger partial charge on any atom is 0.143 e. The van der Waals surface area contributed by atoms with E-state index in [0.717, 1.165) is 44.4 Å². The number of fused-ring (bicyclic) bond motifs is 9. The number of anilines is 3. The van der Waals surface area contributed by atoms with Crippen LogP contribution in [0.2, 0.25) is 0 Å². The van der Waals surface area contributed by atoms with Crippen molar-refractivity contribution in [1.82, 2.24) is 0 Å². The van der Waals surface area contributed by atoms with Crippen molar-refractivity contribution < 1.29 is 4.42 Å². The van der Waals surface area contributed by atoms with Crippen LogP contribution in [0.1, 0.15) is 0 Å². The van der Waals surface area contributed by atoms with Gasteiger partial charge in [-0.3, -0.25) is 0 Å². The number of benzene rings is 9. The van der Waals surface area contributed by atoms with Crippen molar-refractivity contribution >= 4 is 92.1 Å².